The Bertz CT molecular complexity index is 88.5. The van der Waals surface area contributed by atoms with Gasteiger partial charge in [0.05, 0.1) is 0 Å². The number of rotatable bonds is 4. The van der Waals surface area contributed by atoms with Crippen molar-refractivity contribution in [2.75, 3.05) is 0 Å². The van der Waals surface area contributed by atoms with Gasteiger partial charge in [-0.05, 0) is 0 Å². The molecule has 0 bridgehead atoms. The van der Waals surface area contributed by atoms with Crippen molar-refractivity contribution in [3.63, 3.8) is 0 Å². The van der Waals surface area contributed by atoms with Crippen LogP contribution in [0.25, 0.3) is 0 Å². The molecule has 0 saturated carbocycles. The molecule has 0 spiro atoms. The maximum atomic E-state index is 8.80. The number of carbonyl (C=O) groups excluding carboxylic acids is 4. The normalized spacial score (nSPS) is 4.67. The molecule has 0 aromatic heterocycles. The van der Waals surface area contributed by atoms with Gasteiger partial charge in [-0.2, -0.15) is 0 Å². The second kappa shape index (κ2) is 30.7. The predicted molar refractivity (Wildman–Crippen MR) is 31.4 cm³/mol. The van der Waals surface area contributed by atoms with E-state index in [9.17, 15) is 0 Å². The first kappa shape index (κ1) is 22.7. The zero-order valence-corrected chi connectivity index (χ0v) is 9.57. The Kier molecular flexibility index (Phi) is 57.9. The van der Waals surface area contributed by atoms with E-state index in [4.69, 9.17) is 19.2 Å². The Morgan fingerprint density at radius 3 is 0.833 bits per heavy atom. The fourth-order valence-corrected chi connectivity index (χ4v) is 0.0340. The second-order valence-corrected chi connectivity index (χ2v) is 0.537. The molecule has 12 heavy (non-hydrogen) atoms. The van der Waals surface area contributed by atoms with Crippen LogP contribution in [0.1, 0.15) is 0 Å². The zero-order chi connectivity index (χ0) is 8.24. The fourth-order valence-electron chi connectivity index (χ4n) is 0.0340. The van der Waals surface area contributed by atoms with Crippen LogP contribution in [0.4, 0.5) is 0 Å². The van der Waals surface area contributed by atoms with Crippen molar-refractivity contribution in [1.29, 1.82) is 0 Å². The van der Waals surface area contributed by atoms with E-state index >= 15 is 0 Å². The molecule has 0 rings (SSSR count). The maximum Gasteiger partial charge on any atom is 1.00 e. The summed E-state index contributed by atoms with van der Waals surface area (Å²) in [6, 6.07) is 0. The van der Waals surface area contributed by atoms with E-state index in [1.807, 2.05) is 0 Å². The summed E-state index contributed by atoms with van der Waals surface area (Å²) in [5.41, 5.74) is 0. The van der Waals surface area contributed by atoms with Gasteiger partial charge in [0.2, 0.25) is 0 Å². The van der Waals surface area contributed by atoms with E-state index in [1.165, 1.54) is 0 Å². The average Bonchev–Trinajstić information content (AvgIpc) is 1.93. The molecular formula is C5H3KO6-4. The second-order valence-electron chi connectivity index (χ2n) is 0.537. The minimum Gasteiger partial charge on any atom is -0.783 e. The van der Waals surface area contributed by atoms with E-state index in [1.54, 1.807) is 0 Å². The first-order valence-corrected chi connectivity index (χ1v) is 1.63. The molecule has 0 radical (unpaired) electrons. The summed E-state index contributed by atoms with van der Waals surface area (Å²) in [7, 11) is 0. The summed E-state index contributed by atoms with van der Waals surface area (Å²) < 4.78 is 6.44. The van der Waals surface area contributed by atoms with Crippen LogP contribution >= 0.6 is 0 Å². The largest absolute Gasteiger partial charge is 1.00 e. The van der Waals surface area contributed by atoms with E-state index in [0.29, 0.717) is 0 Å². The van der Waals surface area contributed by atoms with Crippen molar-refractivity contribution in [2.24, 2.45) is 0 Å². The van der Waals surface area contributed by atoms with Crippen LogP contribution in [0.3, 0.4) is 0 Å². The molecule has 7 heteroatoms. The summed E-state index contributed by atoms with van der Waals surface area (Å²) in [6.07, 6.45) is 0. The average molecular weight is 198 g/mol. The van der Waals surface area contributed by atoms with Crippen LogP contribution in [-0.2, 0) is 28.7 Å². The molecule has 0 amide bonds. The van der Waals surface area contributed by atoms with Gasteiger partial charge in [0, 0.05) is 0 Å². The number of ether oxygens (including phenoxy) is 2. The Balaban J connectivity index is -0.0000000457. The number of hydrogen-bond donors (Lipinski definition) is 0. The minimum absolute atomic E-state index is 0. The maximum absolute atomic E-state index is 8.80. The van der Waals surface area contributed by atoms with Gasteiger partial charge in [-0.1, -0.05) is 0 Å². The summed E-state index contributed by atoms with van der Waals surface area (Å²) >= 11 is 0. The van der Waals surface area contributed by atoms with Crippen molar-refractivity contribution in [3.05, 3.63) is 7.43 Å². The molecule has 0 aliphatic rings. The van der Waals surface area contributed by atoms with Crippen molar-refractivity contribution in [2.45, 2.75) is 0 Å². The molecule has 0 heterocycles. The molecule has 0 aromatic rings. The molecule has 0 aliphatic heterocycles. The van der Waals surface area contributed by atoms with Gasteiger partial charge in [-0.25, -0.2) is 0 Å². The molecule has 6 nitrogen and oxygen atoms in total. The number of hydrogen-bond acceptors (Lipinski definition) is 6. The summed E-state index contributed by atoms with van der Waals surface area (Å²) in [5, 5.41) is 0. The van der Waals surface area contributed by atoms with Gasteiger partial charge in [-0.15, -0.1) is 25.9 Å². The summed E-state index contributed by atoms with van der Waals surface area (Å²) in [4.78, 5) is 35.2. The Labute approximate surface area is 112 Å². The van der Waals surface area contributed by atoms with Crippen LogP contribution in [0.15, 0.2) is 0 Å². The molecule has 0 fully saturated rings. The first-order chi connectivity index (χ1) is 4.83. The van der Waals surface area contributed by atoms with Crippen molar-refractivity contribution < 1.29 is 80.0 Å². The van der Waals surface area contributed by atoms with Crippen LogP contribution in [0, 0.1) is 7.43 Å². The van der Waals surface area contributed by atoms with Gasteiger partial charge < -0.3 is 36.1 Å². The molecule has 0 atom stereocenters. The topological polar surface area (TPSA) is 86.7 Å². The van der Waals surface area contributed by atoms with E-state index in [2.05, 4.69) is 9.47 Å². The van der Waals surface area contributed by atoms with E-state index in [0.717, 1.165) is 25.9 Å². The third-order valence-corrected chi connectivity index (χ3v) is 0.167. The standard InChI is InChI=1S/2C2O3.CH3.K/c2*3-1-5-2-4;;/h;;1H3;/q2*-2;-1;+1. The van der Waals surface area contributed by atoms with Crippen LogP contribution in [0.5, 0.6) is 0 Å². The Hall–Kier alpha value is -0.0836. The quantitative estimate of drug-likeness (QED) is 0.258. The van der Waals surface area contributed by atoms with Gasteiger partial charge in [-0.3, -0.25) is 0 Å². The third-order valence-electron chi connectivity index (χ3n) is 0.167. The molecule has 0 aromatic carbocycles. The first-order valence-electron chi connectivity index (χ1n) is 1.63. The van der Waals surface area contributed by atoms with Crippen molar-refractivity contribution in [3.8, 4) is 0 Å². The minimum atomic E-state index is 0. The van der Waals surface area contributed by atoms with Crippen LogP contribution < -0.4 is 51.4 Å². The molecule has 0 aliphatic carbocycles. The smallest absolute Gasteiger partial charge is 0.783 e. The third kappa shape index (κ3) is 51.4. The molecule has 0 N–H and O–H groups in total. The monoisotopic (exact) mass is 198 g/mol. The Morgan fingerprint density at radius 2 is 0.833 bits per heavy atom. The SMILES string of the molecule is O=[C-]O[C-]=O.O=[C-]O[C-]=O.[CH3-].[K+]. The molecule has 64 valence electrons. The molecular weight excluding hydrogens is 195 g/mol. The summed E-state index contributed by atoms with van der Waals surface area (Å²) in [6.45, 7) is 3.38. The van der Waals surface area contributed by atoms with Crippen molar-refractivity contribution >= 4 is 25.9 Å². The van der Waals surface area contributed by atoms with Gasteiger partial charge in [0.15, 0.2) is 0 Å². The van der Waals surface area contributed by atoms with E-state index < -0.39 is 0 Å². The zero-order valence-electron chi connectivity index (χ0n) is 6.45. The van der Waals surface area contributed by atoms with Crippen LogP contribution in [-0.4, -0.2) is 25.9 Å². The van der Waals surface area contributed by atoms with E-state index in [-0.39, 0.29) is 58.8 Å². The van der Waals surface area contributed by atoms with Gasteiger partial charge >= 0.3 is 51.4 Å². The Morgan fingerprint density at radius 1 is 0.667 bits per heavy atom. The van der Waals surface area contributed by atoms with Crippen LogP contribution in [0.2, 0.25) is 0 Å². The molecule has 0 unspecified atom stereocenters. The predicted octanol–water partition coefficient (Wildman–Crippen LogP) is -4.27. The fraction of sp³-hybridized carbons (Fsp3) is 0. The summed E-state index contributed by atoms with van der Waals surface area (Å²) in [5.74, 6) is 0. The molecule has 0 saturated heterocycles. The van der Waals surface area contributed by atoms with Gasteiger partial charge in [0.1, 0.15) is 0 Å². The van der Waals surface area contributed by atoms with Crippen molar-refractivity contribution in [1.82, 2.24) is 0 Å². The van der Waals surface area contributed by atoms with Gasteiger partial charge in [0.25, 0.3) is 0 Å².